The molecule has 0 aromatic carbocycles. The van der Waals surface area contributed by atoms with Crippen LogP contribution in [-0.4, -0.2) is 75.4 Å². The van der Waals surface area contributed by atoms with Crippen molar-refractivity contribution in [1.82, 2.24) is 15.0 Å². The fourth-order valence-electron chi connectivity index (χ4n) is 2.06. The first-order chi connectivity index (χ1) is 13.7. The number of hydrazine groups is 1. The van der Waals surface area contributed by atoms with Gasteiger partial charge in [0.15, 0.2) is 0 Å². The van der Waals surface area contributed by atoms with E-state index < -0.39 is 35.3 Å². The van der Waals surface area contributed by atoms with Gasteiger partial charge in [0.2, 0.25) is 5.91 Å². The molecule has 30 heavy (non-hydrogen) atoms. The van der Waals surface area contributed by atoms with Crippen LogP contribution >= 0.6 is 0 Å². The number of urea groups is 1. The van der Waals surface area contributed by atoms with Crippen LogP contribution in [-0.2, 0) is 19.1 Å². The lowest BCUT2D eigenvalue weighted by Gasteiger charge is -2.37. The van der Waals surface area contributed by atoms with E-state index in [1.807, 2.05) is 0 Å². The Morgan fingerprint density at radius 3 is 2.17 bits per heavy atom. The van der Waals surface area contributed by atoms with Crippen molar-refractivity contribution in [2.75, 3.05) is 13.2 Å². The number of hydrogen-bond acceptors (Lipinski definition) is 9. The Morgan fingerprint density at radius 2 is 1.70 bits per heavy atom. The minimum absolute atomic E-state index is 0.0590. The summed E-state index contributed by atoms with van der Waals surface area (Å²) < 4.78 is 10.4. The highest BCUT2D eigenvalue weighted by molar-refractivity contribution is 6.32. The van der Waals surface area contributed by atoms with Gasteiger partial charge in [-0.1, -0.05) is 5.16 Å². The van der Waals surface area contributed by atoms with Crippen molar-refractivity contribution in [3.8, 4) is 0 Å². The molecule has 1 aliphatic rings. The number of amides is 5. The summed E-state index contributed by atoms with van der Waals surface area (Å²) in [6.45, 7) is 12.4. The van der Waals surface area contributed by atoms with Gasteiger partial charge in [0.25, 0.3) is 0 Å². The number of hydrazone groups is 1. The number of oxime groups is 1. The summed E-state index contributed by atoms with van der Waals surface area (Å²) in [6, 6.07) is -1.07. The standard InChI is InChI=1S/C18H29N5O7/c1-9-28-19-10-13-11-21(23(12(2)24)16(27)30-18(6,7)8)14(25)22(20-13)15(26)29-17(3,4)5/h10H,9,11H2,1-8H3/b19-10+. The highest BCUT2D eigenvalue weighted by Crippen LogP contribution is 2.19. The van der Waals surface area contributed by atoms with E-state index in [9.17, 15) is 19.2 Å². The van der Waals surface area contributed by atoms with Crippen molar-refractivity contribution in [1.29, 1.82) is 0 Å². The molecule has 0 atom stereocenters. The summed E-state index contributed by atoms with van der Waals surface area (Å²) in [4.78, 5) is 55.0. The first kappa shape index (κ1) is 24.9. The lowest BCUT2D eigenvalue weighted by Crippen LogP contribution is -2.61. The van der Waals surface area contributed by atoms with Crippen molar-refractivity contribution in [3.05, 3.63) is 0 Å². The Balaban J connectivity index is 3.34. The molecule has 0 bridgehead atoms. The van der Waals surface area contributed by atoms with Crippen LogP contribution in [0.25, 0.3) is 0 Å². The molecule has 168 valence electrons. The van der Waals surface area contributed by atoms with Gasteiger partial charge in [-0.15, -0.1) is 10.0 Å². The van der Waals surface area contributed by atoms with Gasteiger partial charge in [0.1, 0.15) is 23.5 Å². The molecule has 0 unspecified atom stereocenters. The van der Waals surface area contributed by atoms with Gasteiger partial charge < -0.3 is 14.3 Å². The molecule has 0 aliphatic carbocycles. The van der Waals surface area contributed by atoms with Gasteiger partial charge in [-0.05, 0) is 48.5 Å². The SMILES string of the molecule is CCO/N=C/C1=NN(C(=O)OC(C)(C)C)C(=O)N(N(C(C)=O)C(=O)OC(C)(C)C)C1. The Labute approximate surface area is 175 Å². The van der Waals surface area contributed by atoms with Crippen molar-refractivity contribution >= 4 is 36.1 Å². The number of rotatable bonds is 4. The zero-order valence-electron chi connectivity index (χ0n) is 18.6. The molecule has 1 rings (SSSR count). The van der Waals surface area contributed by atoms with Gasteiger partial charge in [-0.2, -0.15) is 5.10 Å². The normalized spacial score (nSPS) is 15.1. The van der Waals surface area contributed by atoms with E-state index in [0.29, 0.717) is 10.0 Å². The third kappa shape index (κ3) is 7.33. The minimum atomic E-state index is -1.09. The maximum absolute atomic E-state index is 12.9. The number of carbonyl (C=O) groups excluding carboxylic acids is 4. The van der Waals surface area contributed by atoms with Crippen LogP contribution in [0.5, 0.6) is 0 Å². The Kier molecular flexibility index (Phi) is 7.91. The largest absolute Gasteiger partial charge is 0.442 e. The number of carbonyl (C=O) groups is 4. The fraction of sp³-hybridized carbons (Fsp3) is 0.667. The van der Waals surface area contributed by atoms with Crippen LogP contribution in [0.1, 0.15) is 55.4 Å². The second-order valence-electron chi connectivity index (χ2n) is 8.19. The molecular formula is C18H29N5O7. The molecule has 0 saturated carbocycles. The number of hydrogen-bond donors (Lipinski definition) is 0. The summed E-state index contributed by atoms with van der Waals surface area (Å²) >= 11 is 0. The summed E-state index contributed by atoms with van der Waals surface area (Å²) in [6.07, 6.45) is -1.02. The van der Waals surface area contributed by atoms with Gasteiger partial charge >= 0.3 is 18.2 Å². The fourth-order valence-corrected chi connectivity index (χ4v) is 2.06. The second-order valence-corrected chi connectivity index (χ2v) is 8.19. The molecule has 5 amide bonds. The monoisotopic (exact) mass is 427 g/mol. The third-order valence-corrected chi connectivity index (χ3v) is 3.02. The van der Waals surface area contributed by atoms with Gasteiger partial charge in [-0.25, -0.2) is 19.4 Å². The maximum Gasteiger partial charge on any atom is 0.439 e. The molecule has 1 aliphatic heterocycles. The van der Waals surface area contributed by atoms with Gasteiger partial charge in [0, 0.05) is 6.92 Å². The van der Waals surface area contributed by atoms with Crippen molar-refractivity contribution in [3.63, 3.8) is 0 Å². The van der Waals surface area contributed by atoms with E-state index in [1.165, 1.54) is 0 Å². The summed E-state index contributed by atoms with van der Waals surface area (Å²) in [5.41, 5.74) is -1.79. The minimum Gasteiger partial charge on any atom is -0.442 e. The van der Waals surface area contributed by atoms with Crippen LogP contribution in [0.3, 0.4) is 0 Å². The van der Waals surface area contributed by atoms with E-state index in [1.54, 1.807) is 48.5 Å². The summed E-state index contributed by atoms with van der Waals surface area (Å²) in [5.74, 6) is -0.801. The first-order valence-electron chi connectivity index (χ1n) is 9.27. The average molecular weight is 427 g/mol. The lowest BCUT2D eigenvalue weighted by molar-refractivity contribution is -0.140. The quantitative estimate of drug-likeness (QED) is 0.498. The molecule has 0 fully saturated rings. The number of imide groups is 2. The van der Waals surface area contributed by atoms with Crippen LogP contribution in [0.15, 0.2) is 10.3 Å². The summed E-state index contributed by atoms with van der Waals surface area (Å²) in [5, 5.41) is 9.19. The molecule has 0 N–H and O–H groups in total. The highest BCUT2D eigenvalue weighted by Gasteiger charge is 2.42. The molecular weight excluding hydrogens is 398 g/mol. The van der Waals surface area contributed by atoms with E-state index >= 15 is 0 Å². The molecule has 0 aromatic rings. The van der Waals surface area contributed by atoms with Crippen molar-refractivity contribution in [2.45, 2.75) is 66.6 Å². The van der Waals surface area contributed by atoms with Crippen LogP contribution < -0.4 is 0 Å². The van der Waals surface area contributed by atoms with E-state index in [2.05, 4.69) is 10.3 Å². The molecule has 0 spiro atoms. The van der Waals surface area contributed by atoms with Gasteiger partial charge in [-0.3, -0.25) is 4.79 Å². The molecule has 12 heteroatoms. The second kappa shape index (κ2) is 9.55. The maximum atomic E-state index is 12.9. The van der Waals surface area contributed by atoms with Crippen LogP contribution in [0.4, 0.5) is 14.4 Å². The number of ether oxygens (including phenoxy) is 2. The molecule has 0 saturated heterocycles. The number of nitrogens with zero attached hydrogens (tertiary/aromatic N) is 5. The Hall–Kier alpha value is -3.18. The smallest absolute Gasteiger partial charge is 0.439 e. The van der Waals surface area contributed by atoms with Crippen LogP contribution in [0.2, 0.25) is 0 Å². The topological polar surface area (TPSA) is 130 Å². The molecule has 0 radical (unpaired) electrons. The molecule has 1 heterocycles. The Morgan fingerprint density at radius 1 is 1.13 bits per heavy atom. The summed E-state index contributed by atoms with van der Waals surface area (Å²) in [7, 11) is 0. The Bertz CT molecular complexity index is 749. The first-order valence-corrected chi connectivity index (χ1v) is 9.27. The molecule has 12 nitrogen and oxygen atoms in total. The average Bonchev–Trinajstić information content (AvgIpc) is 2.54. The zero-order chi connectivity index (χ0) is 23.3. The van der Waals surface area contributed by atoms with E-state index in [0.717, 1.165) is 18.1 Å². The van der Waals surface area contributed by atoms with Crippen molar-refractivity contribution < 1.29 is 33.5 Å². The highest BCUT2D eigenvalue weighted by atomic mass is 16.6. The van der Waals surface area contributed by atoms with E-state index in [-0.39, 0.29) is 18.9 Å². The van der Waals surface area contributed by atoms with E-state index in [4.69, 9.17) is 14.3 Å². The third-order valence-electron chi connectivity index (χ3n) is 3.02. The lowest BCUT2D eigenvalue weighted by atomic mass is 10.2. The van der Waals surface area contributed by atoms with Crippen LogP contribution in [0, 0.1) is 0 Å². The zero-order valence-corrected chi connectivity index (χ0v) is 18.6. The van der Waals surface area contributed by atoms with Crippen molar-refractivity contribution in [2.24, 2.45) is 10.3 Å². The predicted molar refractivity (Wildman–Crippen MR) is 106 cm³/mol. The van der Waals surface area contributed by atoms with Gasteiger partial charge in [0.05, 0.1) is 12.8 Å². The predicted octanol–water partition coefficient (Wildman–Crippen LogP) is 2.74. The molecule has 0 aromatic heterocycles.